The molecule has 1 heterocycles. The van der Waals surface area contributed by atoms with Crippen molar-refractivity contribution in [1.82, 2.24) is 4.57 Å². The molecule has 1 aromatic heterocycles. The molecule has 2 N–H and O–H groups in total. The van der Waals surface area contributed by atoms with Crippen LogP contribution in [0.2, 0.25) is 0 Å². The highest BCUT2D eigenvalue weighted by Crippen LogP contribution is 2.18. The van der Waals surface area contributed by atoms with Crippen LogP contribution in [0.25, 0.3) is 6.20 Å². The lowest BCUT2D eigenvalue weighted by molar-refractivity contribution is -0.567. The van der Waals surface area contributed by atoms with Gasteiger partial charge in [-0.2, -0.15) is 13.2 Å². The molecule has 0 saturated heterocycles. The van der Waals surface area contributed by atoms with Crippen molar-refractivity contribution < 1.29 is 26.2 Å². The Morgan fingerprint density at radius 1 is 1.47 bits per heavy atom. The summed E-state index contributed by atoms with van der Waals surface area (Å²) in [5.41, 5.74) is -5.31. The molecule has 110 valence electrons. The number of primary sulfonamides is 1. The maximum atomic E-state index is 10.8. The summed E-state index contributed by atoms with van der Waals surface area (Å²) in [6.45, 7) is 6.98. The van der Waals surface area contributed by atoms with Crippen LogP contribution in [-0.4, -0.2) is 18.5 Å². The molecule has 0 aliphatic carbocycles. The summed E-state index contributed by atoms with van der Waals surface area (Å²) in [6, 6.07) is 0. The zero-order valence-corrected chi connectivity index (χ0v) is 11.3. The lowest BCUT2D eigenvalue weighted by atomic mass is 10.3. The third kappa shape index (κ3) is 6.97. The molecule has 0 aromatic carbocycles. The first kappa shape index (κ1) is 17.6. The van der Waals surface area contributed by atoms with Crippen LogP contribution in [0, 0.1) is 0 Å². The molecule has 0 spiro atoms. The minimum absolute atomic E-state index is 1.11. The van der Waals surface area contributed by atoms with E-state index in [9.17, 15) is 21.6 Å². The second-order valence-electron chi connectivity index (χ2n) is 3.63. The molecule has 5 nitrogen and oxygen atoms in total. The number of aryl methyl sites for hydroxylation is 1. The van der Waals surface area contributed by atoms with Gasteiger partial charge in [-0.3, -0.25) is 0 Å². The Hall–Kier alpha value is -1.35. The molecule has 0 fully saturated rings. The van der Waals surface area contributed by atoms with Crippen molar-refractivity contribution >= 4 is 16.2 Å². The number of hydrogen-bond donors (Lipinski definition) is 1. The summed E-state index contributed by atoms with van der Waals surface area (Å²) in [5.74, 6) is 0. The molecule has 0 aliphatic rings. The Kier molecular flexibility index (Phi) is 6.77. The van der Waals surface area contributed by atoms with Gasteiger partial charge in [0.1, 0.15) is 12.4 Å². The summed E-state index contributed by atoms with van der Waals surface area (Å²) >= 11 is 0. The van der Waals surface area contributed by atoms with Crippen molar-refractivity contribution in [2.45, 2.75) is 31.8 Å². The molecule has 0 bridgehead atoms. The lowest BCUT2D eigenvalue weighted by Crippen LogP contribution is -2.30. The van der Waals surface area contributed by atoms with E-state index in [1.807, 2.05) is 17.1 Å². The maximum Gasteiger partial charge on any atom is 0.511 e. The van der Waals surface area contributed by atoms with Crippen molar-refractivity contribution in [1.29, 1.82) is 0 Å². The molecular formula is C10H17F3N3O2S+. The number of sulfonamides is 1. The third-order valence-corrected chi connectivity index (χ3v) is 2.66. The SMILES string of the molecule is C=C[n+]1ccn(CCCC)c1.NS(=O)(=O)C(F)(F)F. The molecule has 1 rings (SSSR count). The number of imidazole rings is 1. The summed E-state index contributed by atoms with van der Waals surface area (Å²) in [7, 11) is -5.34. The Bertz CT molecular complexity index is 494. The Labute approximate surface area is 110 Å². The van der Waals surface area contributed by atoms with Crippen LogP contribution >= 0.6 is 0 Å². The Morgan fingerprint density at radius 3 is 2.32 bits per heavy atom. The minimum atomic E-state index is -5.34. The summed E-state index contributed by atoms with van der Waals surface area (Å²) in [5, 5.41) is 3.66. The van der Waals surface area contributed by atoms with Crippen LogP contribution in [0.1, 0.15) is 19.8 Å². The first-order valence-electron chi connectivity index (χ1n) is 5.40. The van der Waals surface area contributed by atoms with E-state index in [4.69, 9.17) is 0 Å². The van der Waals surface area contributed by atoms with E-state index in [-0.39, 0.29) is 0 Å². The van der Waals surface area contributed by atoms with Crippen LogP contribution in [0.4, 0.5) is 13.2 Å². The van der Waals surface area contributed by atoms with Crippen LogP contribution in [0.5, 0.6) is 0 Å². The molecule has 19 heavy (non-hydrogen) atoms. The molecule has 0 atom stereocenters. The minimum Gasteiger partial charge on any atom is -0.236 e. The third-order valence-electron chi connectivity index (χ3n) is 2.02. The van der Waals surface area contributed by atoms with Crippen LogP contribution in [0.3, 0.4) is 0 Å². The van der Waals surface area contributed by atoms with Crippen LogP contribution in [-0.2, 0) is 16.6 Å². The van der Waals surface area contributed by atoms with Crippen LogP contribution in [0.15, 0.2) is 25.3 Å². The van der Waals surface area contributed by atoms with E-state index in [2.05, 4.69) is 29.4 Å². The highest BCUT2D eigenvalue weighted by molar-refractivity contribution is 7.90. The first-order chi connectivity index (χ1) is 8.61. The summed E-state index contributed by atoms with van der Waals surface area (Å²) in [4.78, 5) is 0. The lowest BCUT2D eigenvalue weighted by Gasteiger charge is -1.98. The fourth-order valence-corrected chi connectivity index (χ4v) is 0.992. The van der Waals surface area contributed by atoms with E-state index in [0.29, 0.717) is 0 Å². The molecule has 9 heteroatoms. The van der Waals surface area contributed by atoms with E-state index < -0.39 is 15.5 Å². The number of alkyl halides is 3. The van der Waals surface area contributed by atoms with Crippen molar-refractivity contribution in [2.24, 2.45) is 5.14 Å². The van der Waals surface area contributed by atoms with E-state index in [1.165, 1.54) is 12.8 Å². The van der Waals surface area contributed by atoms with Gasteiger partial charge in [0.2, 0.25) is 6.33 Å². The second kappa shape index (κ2) is 7.29. The highest BCUT2D eigenvalue weighted by atomic mass is 32.2. The summed E-state index contributed by atoms with van der Waals surface area (Å²) < 4.78 is 55.3. The Balaban J connectivity index is 0.000000362. The average Bonchev–Trinajstić information content (AvgIpc) is 2.72. The highest BCUT2D eigenvalue weighted by Gasteiger charge is 2.42. The zero-order valence-electron chi connectivity index (χ0n) is 10.5. The van der Waals surface area contributed by atoms with Gasteiger partial charge in [0.05, 0.1) is 12.7 Å². The van der Waals surface area contributed by atoms with Crippen molar-refractivity contribution in [3.63, 3.8) is 0 Å². The second-order valence-corrected chi connectivity index (χ2v) is 5.18. The molecule has 0 radical (unpaired) electrons. The van der Waals surface area contributed by atoms with E-state index in [1.54, 1.807) is 6.20 Å². The van der Waals surface area contributed by atoms with Crippen molar-refractivity contribution in [2.75, 3.05) is 0 Å². The van der Waals surface area contributed by atoms with Gasteiger partial charge >= 0.3 is 15.5 Å². The number of unbranched alkanes of at least 4 members (excludes halogenated alkanes) is 1. The quantitative estimate of drug-likeness (QED) is 0.856. The predicted molar refractivity (Wildman–Crippen MR) is 65.1 cm³/mol. The number of nitrogens with two attached hydrogens (primary N) is 1. The number of aromatic nitrogens is 2. The van der Waals surface area contributed by atoms with Gasteiger partial charge in [-0.05, 0) is 6.42 Å². The molecule has 0 amide bonds. The van der Waals surface area contributed by atoms with Crippen LogP contribution < -0.4 is 9.71 Å². The molecular weight excluding hydrogens is 283 g/mol. The number of nitrogens with zero attached hydrogens (tertiary/aromatic N) is 2. The van der Waals surface area contributed by atoms with Gasteiger partial charge in [0.15, 0.2) is 0 Å². The van der Waals surface area contributed by atoms with Gasteiger partial charge in [-0.15, -0.1) is 0 Å². The average molecular weight is 300 g/mol. The molecule has 0 aliphatic heterocycles. The zero-order chi connectivity index (χ0) is 15.1. The van der Waals surface area contributed by atoms with Gasteiger partial charge in [-0.25, -0.2) is 22.7 Å². The summed E-state index contributed by atoms with van der Waals surface area (Å²) in [6.07, 6.45) is 10.4. The molecule has 0 unspecified atom stereocenters. The predicted octanol–water partition coefficient (Wildman–Crippen LogP) is 1.47. The topological polar surface area (TPSA) is 69.0 Å². The van der Waals surface area contributed by atoms with E-state index >= 15 is 0 Å². The fraction of sp³-hybridized carbons (Fsp3) is 0.500. The standard InChI is InChI=1S/C9H15N2.CH2F3NO2S/c1-3-5-6-11-8-7-10(4-2)9-11;2-1(3,4)8(5,6)7/h4,7-9H,2-3,5-6H2,1H3;(H2,5,6,7)/q+1;. The fourth-order valence-electron chi connectivity index (χ4n) is 0.992. The van der Waals surface area contributed by atoms with Gasteiger partial charge < -0.3 is 0 Å². The normalized spacial score (nSPS) is 11.6. The number of rotatable bonds is 4. The smallest absolute Gasteiger partial charge is 0.236 e. The van der Waals surface area contributed by atoms with Crippen molar-refractivity contribution in [3.05, 3.63) is 25.3 Å². The number of halogens is 3. The first-order valence-corrected chi connectivity index (χ1v) is 6.94. The Morgan fingerprint density at radius 2 is 2.00 bits per heavy atom. The molecule has 1 aromatic rings. The maximum absolute atomic E-state index is 10.8. The van der Waals surface area contributed by atoms with Gasteiger partial charge in [0.25, 0.3) is 0 Å². The van der Waals surface area contributed by atoms with Gasteiger partial charge in [-0.1, -0.05) is 19.9 Å². The van der Waals surface area contributed by atoms with Gasteiger partial charge in [0, 0.05) is 0 Å². The largest absolute Gasteiger partial charge is 0.511 e. The monoisotopic (exact) mass is 300 g/mol. The number of hydrogen-bond acceptors (Lipinski definition) is 2. The molecule has 0 saturated carbocycles. The van der Waals surface area contributed by atoms with Crippen molar-refractivity contribution in [3.8, 4) is 0 Å². The van der Waals surface area contributed by atoms with E-state index in [0.717, 1.165) is 6.54 Å².